The van der Waals surface area contributed by atoms with E-state index < -0.39 is 6.09 Å². The van der Waals surface area contributed by atoms with Gasteiger partial charge in [-0.25, -0.2) is 4.79 Å². The first-order valence-corrected chi connectivity index (χ1v) is 6.28. The number of amides is 1. The van der Waals surface area contributed by atoms with Gasteiger partial charge in [0.2, 0.25) is 0 Å². The van der Waals surface area contributed by atoms with Gasteiger partial charge in [-0.1, -0.05) is 20.8 Å². The summed E-state index contributed by atoms with van der Waals surface area (Å²) >= 11 is 1.10. The molecule has 0 aromatic heterocycles. The van der Waals surface area contributed by atoms with Crippen LogP contribution >= 0.6 is 11.8 Å². The highest BCUT2D eigenvalue weighted by molar-refractivity contribution is 8.03. The van der Waals surface area contributed by atoms with Crippen LogP contribution in [0, 0.1) is 17.6 Å². The number of nitrogens with zero attached hydrogens (tertiary/aromatic N) is 1. The molecule has 96 valence electrons. The average Bonchev–Trinajstić information content (AvgIpc) is 2.20. The van der Waals surface area contributed by atoms with Crippen LogP contribution in [0.15, 0.2) is 17.0 Å². The number of nitrogens with one attached hydrogen (secondary N) is 1. The molecule has 0 heterocycles. The fourth-order valence-corrected chi connectivity index (χ4v) is 2.46. The van der Waals surface area contributed by atoms with E-state index in [4.69, 9.17) is 10.4 Å². The summed E-state index contributed by atoms with van der Waals surface area (Å²) in [5, 5.41) is 22.1. The van der Waals surface area contributed by atoms with Crippen molar-refractivity contribution in [3.8, 4) is 5.40 Å². The number of rotatable bonds is 2. The maximum atomic E-state index is 10.7. The molecule has 0 fully saturated rings. The normalized spacial score (nSPS) is 10.8. The zero-order valence-corrected chi connectivity index (χ0v) is 11.7. The molecule has 0 atom stereocenters. The number of benzene rings is 1. The number of thiocyanates is 1. The van der Waals surface area contributed by atoms with Crippen molar-refractivity contribution in [3.63, 3.8) is 0 Å². The van der Waals surface area contributed by atoms with Gasteiger partial charge in [0.1, 0.15) is 5.40 Å². The van der Waals surface area contributed by atoms with Gasteiger partial charge in [-0.3, -0.25) is 5.32 Å². The van der Waals surface area contributed by atoms with E-state index in [1.165, 1.54) is 0 Å². The second kappa shape index (κ2) is 5.32. The van der Waals surface area contributed by atoms with Crippen LogP contribution in [0.5, 0.6) is 0 Å². The Hall–Kier alpha value is -1.67. The third kappa shape index (κ3) is 3.41. The highest BCUT2D eigenvalue weighted by atomic mass is 32.2. The standard InChI is InChI=1S/C13H16N2O2S/c1-8-5-11(18-7-14)9(13(2,3)4)6-10(8)15-12(16)17/h5-6,15H,1-4H3,(H,16,17). The van der Waals surface area contributed by atoms with Gasteiger partial charge in [-0.15, -0.1) is 0 Å². The van der Waals surface area contributed by atoms with Gasteiger partial charge in [0.15, 0.2) is 0 Å². The lowest BCUT2D eigenvalue weighted by Crippen LogP contribution is -2.15. The van der Waals surface area contributed by atoms with Gasteiger partial charge >= 0.3 is 6.09 Å². The minimum Gasteiger partial charge on any atom is -0.465 e. The molecular formula is C13H16N2O2S. The Morgan fingerprint density at radius 1 is 1.44 bits per heavy atom. The topological polar surface area (TPSA) is 73.1 Å². The fourth-order valence-electron chi connectivity index (χ4n) is 1.65. The molecule has 0 spiro atoms. The van der Waals surface area contributed by atoms with Gasteiger partial charge in [0.05, 0.1) is 0 Å². The Kier molecular flexibility index (Phi) is 4.25. The van der Waals surface area contributed by atoms with Crippen LogP contribution in [0.1, 0.15) is 31.9 Å². The van der Waals surface area contributed by atoms with Gasteiger partial charge in [0.25, 0.3) is 0 Å². The number of carbonyl (C=O) groups is 1. The molecule has 5 heteroatoms. The molecule has 0 saturated heterocycles. The van der Waals surface area contributed by atoms with Crippen molar-refractivity contribution in [2.75, 3.05) is 5.32 Å². The Morgan fingerprint density at radius 2 is 2.06 bits per heavy atom. The van der Waals surface area contributed by atoms with Crippen LogP contribution in [-0.4, -0.2) is 11.2 Å². The van der Waals surface area contributed by atoms with E-state index in [2.05, 4.69) is 10.7 Å². The van der Waals surface area contributed by atoms with Crippen molar-refractivity contribution in [2.24, 2.45) is 0 Å². The summed E-state index contributed by atoms with van der Waals surface area (Å²) in [6.45, 7) is 7.91. The molecule has 0 aliphatic rings. The van der Waals surface area contributed by atoms with Crippen molar-refractivity contribution in [2.45, 2.75) is 38.0 Å². The maximum Gasteiger partial charge on any atom is 0.409 e. The summed E-state index contributed by atoms with van der Waals surface area (Å²) in [4.78, 5) is 11.6. The first-order chi connectivity index (χ1) is 8.25. The van der Waals surface area contributed by atoms with E-state index in [9.17, 15) is 4.79 Å². The number of thioether (sulfide) groups is 1. The first-order valence-electron chi connectivity index (χ1n) is 5.46. The van der Waals surface area contributed by atoms with Crippen LogP contribution in [0.2, 0.25) is 0 Å². The Bertz CT molecular complexity index is 513. The van der Waals surface area contributed by atoms with Crippen molar-refractivity contribution in [1.82, 2.24) is 0 Å². The number of hydrogen-bond donors (Lipinski definition) is 2. The molecule has 0 saturated carbocycles. The molecule has 2 N–H and O–H groups in total. The van der Waals surface area contributed by atoms with Crippen molar-refractivity contribution < 1.29 is 9.90 Å². The van der Waals surface area contributed by atoms with E-state index in [0.717, 1.165) is 27.8 Å². The summed E-state index contributed by atoms with van der Waals surface area (Å²) in [7, 11) is 0. The monoisotopic (exact) mass is 264 g/mol. The number of aryl methyl sites for hydroxylation is 1. The van der Waals surface area contributed by atoms with Crippen LogP contribution in [0.25, 0.3) is 0 Å². The van der Waals surface area contributed by atoms with E-state index in [-0.39, 0.29) is 5.41 Å². The second-order valence-corrected chi connectivity index (χ2v) is 5.86. The Balaban J connectivity index is 3.36. The van der Waals surface area contributed by atoms with Crippen molar-refractivity contribution in [1.29, 1.82) is 5.26 Å². The van der Waals surface area contributed by atoms with Crippen molar-refractivity contribution in [3.05, 3.63) is 23.3 Å². The SMILES string of the molecule is Cc1cc(SC#N)c(C(C)(C)C)cc1NC(=O)O. The van der Waals surface area contributed by atoms with Crippen LogP contribution in [-0.2, 0) is 5.41 Å². The molecule has 1 rings (SSSR count). The van der Waals surface area contributed by atoms with Crippen LogP contribution in [0.4, 0.5) is 10.5 Å². The molecule has 0 aliphatic heterocycles. The minimum absolute atomic E-state index is 0.151. The predicted octanol–water partition coefficient (Wildman–Crippen LogP) is 3.96. The summed E-state index contributed by atoms with van der Waals surface area (Å²) < 4.78 is 0. The maximum absolute atomic E-state index is 10.7. The molecule has 0 aliphatic carbocycles. The molecule has 18 heavy (non-hydrogen) atoms. The average molecular weight is 264 g/mol. The van der Waals surface area contributed by atoms with E-state index >= 15 is 0 Å². The van der Waals surface area contributed by atoms with E-state index in [1.54, 1.807) is 0 Å². The lowest BCUT2D eigenvalue weighted by atomic mass is 9.86. The van der Waals surface area contributed by atoms with Gasteiger partial charge in [0, 0.05) is 10.6 Å². The first kappa shape index (κ1) is 14.4. The quantitative estimate of drug-likeness (QED) is 0.626. The second-order valence-electron chi connectivity index (χ2n) is 5.04. The molecule has 0 bridgehead atoms. The highest BCUT2D eigenvalue weighted by Crippen LogP contribution is 2.35. The van der Waals surface area contributed by atoms with Crippen molar-refractivity contribution >= 4 is 23.5 Å². The number of hydrogen-bond acceptors (Lipinski definition) is 3. The summed E-state index contributed by atoms with van der Waals surface area (Å²) in [5.41, 5.74) is 2.18. The van der Waals surface area contributed by atoms with Gasteiger partial charge in [-0.2, -0.15) is 5.26 Å². The fraction of sp³-hybridized carbons (Fsp3) is 0.385. The summed E-state index contributed by atoms with van der Waals surface area (Å²) in [5.74, 6) is 0. The molecule has 1 aromatic rings. The molecular weight excluding hydrogens is 248 g/mol. The Morgan fingerprint density at radius 3 is 2.50 bits per heavy atom. The lowest BCUT2D eigenvalue weighted by Gasteiger charge is -2.23. The number of nitriles is 1. The van der Waals surface area contributed by atoms with Gasteiger partial charge < -0.3 is 5.11 Å². The lowest BCUT2D eigenvalue weighted by molar-refractivity contribution is 0.209. The summed E-state index contributed by atoms with van der Waals surface area (Å²) in [6.07, 6.45) is -1.08. The molecule has 0 unspecified atom stereocenters. The number of anilines is 1. The smallest absolute Gasteiger partial charge is 0.409 e. The predicted molar refractivity (Wildman–Crippen MR) is 73.0 cm³/mol. The summed E-state index contributed by atoms with van der Waals surface area (Å²) in [6, 6.07) is 3.66. The van der Waals surface area contributed by atoms with Gasteiger partial charge in [-0.05, 0) is 47.4 Å². The van der Waals surface area contributed by atoms with E-state index in [1.807, 2.05) is 39.8 Å². The van der Waals surface area contributed by atoms with Crippen LogP contribution < -0.4 is 5.32 Å². The minimum atomic E-state index is -1.08. The molecule has 4 nitrogen and oxygen atoms in total. The zero-order chi connectivity index (χ0) is 13.9. The third-order valence-corrected chi connectivity index (χ3v) is 3.18. The third-order valence-electron chi connectivity index (χ3n) is 2.53. The molecule has 1 aromatic carbocycles. The molecule has 1 amide bonds. The van der Waals surface area contributed by atoms with Crippen LogP contribution in [0.3, 0.4) is 0 Å². The largest absolute Gasteiger partial charge is 0.465 e. The Labute approximate surface area is 111 Å². The molecule has 0 radical (unpaired) electrons. The van der Waals surface area contributed by atoms with E-state index in [0.29, 0.717) is 5.69 Å². The highest BCUT2D eigenvalue weighted by Gasteiger charge is 2.20. The number of carboxylic acid groups (broad SMARTS) is 1. The zero-order valence-electron chi connectivity index (χ0n) is 10.9.